The van der Waals surface area contributed by atoms with Gasteiger partial charge in [-0.05, 0) is 37.8 Å². The van der Waals surface area contributed by atoms with Crippen LogP contribution in [0.4, 0.5) is 0 Å². The first kappa shape index (κ1) is 14.5. The molecule has 0 amide bonds. The molecule has 1 atom stereocenters. The molecule has 1 aliphatic heterocycles. The number of hydrogen-bond acceptors (Lipinski definition) is 2. The molecule has 0 bridgehead atoms. The molecule has 1 saturated heterocycles. The first-order valence-corrected chi connectivity index (χ1v) is 7.49. The van der Waals surface area contributed by atoms with Gasteiger partial charge in [0.05, 0.1) is 12.7 Å². The fourth-order valence-electron chi connectivity index (χ4n) is 2.95. The Balaban J connectivity index is 2.15. The predicted molar refractivity (Wildman–Crippen MR) is 80.5 cm³/mol. The van der Waals surface area contributed by atoms with Gasteiger partial charge in [-0.25, -0.2) is 0 Å². The van der Waals surface area contributed by atoms with Crippen LogP contribution in [0.5, 0.6) is 0 Å². The lowest BCUT2D eigenvalue weighted by molar-refractivity contribution is 0.0100. The van der Waals surface area contributed by atoms with E-state index in [-0.39, 0.29) is 6.10 Å². The molecule has 1 unspecified atom stereocenters. The van der Waals surface area contributed by atoms with Crippen LogP contribution in [-0.4, -0.2) is 19.7 Å². The standard InChI is InChI=1S/C17H27NO/c1-5-17(6-2)11-18-10-16(19-12-17)15-8-7-13(3)9-14(15)4/h7-9,16,18H,5-6,10-12H2,1-4H3. The summed E-state index contributed by atoms with van der Waals surface area (Å²) >= 11 is 0. The summed E-state index contributed by atoms with van der Waals surface area (Å²) in [5, 5.41) is 3.61. The van der Waals surface area contributed by atoms with Gasteiger partial charge in [-0.2, -0.15) is 0 Å². The maximum absolute atomic E-state index is 6.24. The van der Waals surface area contributed by atoms with Gasteiger partial charge in [0.1, 0.15) is 0 Å². The highest BCUT2D eigenvalue weighted by Gasteiger charge is 2.31. The van der Waals surface area contributed by atoms with E-state index in [0.717, 1.165) is 19.7 Å². The van der Waals surface area contributed by atoms with E-state index in [1.165, 1.54) is 29.5 Å². The first-order chi connectivity index (χ1) is 9.10. The lowest BCUT2D eigenvalue weighted by Gasteiger charge is -2.29. The lowest BCUT2D eigenvalue weighted by Crippen LogP contribution is -2.34. The van der Waals surface area contributed by atoms with Crippen molar-refractivity contribution in [2.75, 3.05) is 19.7 Å². The Bertz CT molecular complexity index is 423. The van der Waals surface area contributed by atoms with Crippen molar-refractivity contribution in [1.82, 2.24) is 5.32 Å². The molecule has 1 N–H and O–H groups in total. The van der Waals surface area contributed by atoms with Gasteiger partial charge in [0.15, 0.2) is 0 Å². The molecule has 19 heavy (non-hydrogen) atoms. The summed E-state index contributed by atoms with van der Waals surface area (Å²) in [7, 11) is 0. The van der Waals surface area contributed by atoms with Gasteiger partial charge in [0.25, 0.3) is 0 Å². The Hall–Kier alpha value is -0.860. The van der Waals surface area contributed by atoms with E-state index in [4.69, 9.17) is 4.74 Å². The molecule has 0 aliphatic carbocycles. The highest BCUT2D eigenvalue weighted by molar-refractivity contribution is 5.32. The summed E-state index contributed by atoms with van der Waals surface area (Å²) < 4.78 is 6.24. The number of benzene rings is 1. The zero-order chi connectivity index (χ0) is 13.9. The molecule has 1 fully saturated rings. The minimum atomic E-state index is 0.195. The van der Waals surface area contributed by atoms with Gasteiger partial charge in [-0.1, -0.05) is 37.6 Å². The maximum atomic E-state index is 6.24. The number of rotatable bonds is 3. The third kappa shape index (κ3) is 3.18. The maximum Gasteiger partial charge on any atom is 0.0952 e. The second-order valence-electron chi connectivity index (χ2n) is 6.00. The van der Waals surface area contributed by atoms with E-state index in [1.807, 2.05) is 0 Å². The van der Waals surface area contributed by atoms with Crippen LogP contribution in [0.3, 0.4) is 0 Å². The van der Waals surface area contributed by atoms with Gasteiger partial charge in [-0.15, -0.1) is 0 Å². The molecule has 0 spiro atoms. The van der Waals surface area contributed by atoms with E-state index in [9.17, 15) is 0 Å². The van der Waals surface area contributed by atoms with E-state index in [1.54, 1.807) is 0 Å². The molecule has 1 aromatic carbocycles. The van der Waals surface area contributed by atoms with E-state index >= 15 is 0 Å². The van der Waals surface area contributed by atoms with E-state index in [2.05, 4.69) is 51.2 Å². The Morgan fingerprint density at radius 1 is 1.26 bits per heavy atom. The Labute approximate surface area is 117 Å². The Kier molecular flexibility index (Phi) is 4.64. The van der Waals surface area contributed by atoms with E-state index < -0.39 is 0 Å². The SMILES string of the molecule is CCC1(CC)CNCC(c2ccc(C)cc2C)OC1. The van der Waals surface area contributed by atoms with Crippen molar-refractivity contribution in [1.29, 1.82) is 0 Å². The normalized spacial score (nSPS) is 23.1. The molecule has 0 aromatic heterocycles. The van der Waals surface area contributed by atoms with Crippen molar-refractivity contribution in [2.45, 2.75) is 46.6 Å². The number of hydrogen-bond donors (Lipinski definition) is 1. The van der Waals surface area contributed by atoms with Crippen LogP contribution in [0.2, 0.25) is 0 Å². The Morgan fingerprint density at radius 3 is 2.63 bits per heavy atom. The zero-order valence-electron chi connectivity index (χ0n) is 12.8. The van der Waals surface area contributed by atoms with Crippen LogP contribution in [-0.2, 0) is 4.74 Å². The van der Waals surface area contributed by atoms with Crippen LogP contribution in [0.15, 0.2) is 18.2 Å². The smallest absolute Gasteiger partial charge is 0.0952 e. The molecular weight excluding hydrogens is 234 g/mol. The molecule has 106 valence electrons. The summed E-state index contributed by atoms with van der Waals surface area (Å²) in [6.45, 7) is 11.7. The quantitative estimate of drug-likeness (QED) is 0.894. The average Bonchev–Trinajstić information content (AvgIpc) is 2.62. The molecule has 0 saturated carbocycles. The summed E-state index contributed by atoms with van der Waals surface area (Å²) in [6, 6.07) is 6.65. The van der Waals surface area contributed by atoms with Gasteiger partial charge < -0.3 is 10.1 Å². The molecule has 2 heteroatoms. The molecule has 1 aromatic rings. The van der Waals surface area contributed by atoms with Crippen molar-refractivity contribution in [2.24, 2.45) is 5.41 Å². The molecular formula is C17H27NO. The van der Waals surface area contributed by atoms with Gasteiger partial charge in [0.2, 0.25) is 0 Å². The minimum Gasteiger partial charge on any atom is -0.372 e. The van der Waals surface area contributed by atoms with Crippen LogP contribution in [0.1, 0.15) is 49.5 Å². The summed E-state index contributed by atoms with van der Waals surface area (Å²) in [5.41, 5.74) is 4.31. The van der Waals surface area contributed by atoms with Crippen LogP contribution < -0.4 is 5.32 Å². The fourth-order valence-corrected chi connectivity index (χ4v) is 2.95. The third-order valence-electron chi connectivity index (χ3n) is 4.69. The molecule has 1 heterocycles. The number of nitrogens with one attached hydrogen (secondary N) is 1. The first-order valence-electron chi connectivity index (χ1n) is 7.49. The van der Waals surface area contributed by atoms with Gasteiger partial charge in [0, 0.05) is 18.5 Å². The number of ether oxygens (including phenoxy) is 1. The minimum absolute atomic E-state index is 0.195. The third-order valence-corrected chi connectivity index (χ3v) is 4.69. The van der Waals surface area contributed by atoms with Crippen LogP contribution in [0, 0.1) is 19.3 Å². The van der Waals surface area contributed by atoms with Crippen molar-refractivity contribution in [3.63, 3.8) is 0 Å². The lowest BCUT2D eigenvalue weighted by atomic mass is 9.83. The summed E-state index contributed by atoms with van der Waals surface area (Å²) in [6.07, 6.45) is 2.55. The fraction of sp³-hybridized carbons (Fsp3) is 0.647. The van der Waals surface area contributed by atoms with E-state index in [0.29, 0.717) is 5.41 Å². The van der Waals surface area contributed by atoms with Crippen molar-refractivity contribution >= 4 is 0 Å². The highest BCUT2D eigenvalue weighted by atomic mass is 16.5. The van der Waals surface area contributed by atoms with Gasteiger partial charge >= 0.3 is 0 Å². The Morgan fingerprint density at radius 2 is 2.00 bits per heavy atom. The van der Waals surface area contributed by atoms with Crippen molar-refractivity contribution in [3.05, 3.63) is 34.9 Å². The summed E-state index contributed by atoms with van der Waals surface area (Å²) in [4.78, 5) is 0. The second kappa shape index (κ2) is 6.06. The van der Waals surface area contributed by atoms with Crippen LogP contribution >= 0.6 is 0 Å². The molecule has 1 aliphatic rings. The monoisotopic (exact) mass is 261 g/mol. The average molecular weight is 261 g/mol. The second-order valence-corrected chi connectivity index (χ2v) is 6.00. The van der Waals surface area contributed by atoms with Crippen molar-refractivity contribution in [3.8, 4) is 0 Å². The van der Waals surface area contributed by atoms with Gasteiger partial charge in [-0.3, -0.25) is 0 Å². The number of aryl methyl sites for hydroxylation is 2. The molecule has 0 radical (unpaired) electrons. The van der Waals surface area contributed by atoms with Crippen LogP contribution in [0.25, 0.3) is 0 Å². The largest absolute Gasteiger partial charge is 0.372 e. The highest BCUT2D eigenvalue weighted by Crippen LogP contribution is 2.32. The predicted octanol–water partition coefficient (Wildman–Crippen LogP) is 3.77. The molecule has 2 nitrogen and oxygen atoms in total. The van der Waals surface area contributed by atoms with Crippen molar-refractivity contribution < 1.29 is 4.74 Å². The zero-order valence-corrected chi connectivity index (χ0v) is 12.8. The molecule has 2 rings (SSSR count). The topological polar surface area (TPSA) is 21.3 Å². The summed E-state index contributed by atoms with van der Waals surface area (Å²) in [5.74, 6) is 0.